The largest absolute Gasteiger partial charge is 0.297 e. The molecule has 3 heterocycles. The molecule has 2 unspecified atom stereocenters. The summed E-state index contributed by atoms with van der Waals surface area (Å²) >= 11 is 1.44. The highest BCUT2D eigenvalue weighted by Gasteiger charge is 2.22. The molecular weight excluding hydrogens is 310 g/mol. The number of likely N-dealkylation sites (tertiary alicyclic amines) is 1. The third-order valence-electron chi connectivity index (χ3n) is 3.90. The molecule has 0 saturated carbocycles. The van der Waals surface area contributed by atoms with Crippen LogP contribution in [0.2, 0.25) is 0 Å². The number of hydrogen-bond donors (Lipinski definition) is 1. The number of nitrogens with one attached hydrogen (secondary N) is 1. The van der Waals surface area contributed by atoms with E-state index in [9.17, 15) is 4.79 Å². The maximum Gasteiger partial charge on any atom is 0.277 e. The van der Waals surface area contributed by atoms with Gasteiger partial charge in [-0.15, -0.1) is 11.3 Å². The molecule has 0 radical (unpaired) electrons. The normalized spacial score (nSPS) is 22.0. The lowest BCUT2D eigenvalue weighted by Crippen LogP contribution is -2.38. The maximum absolute atomic E-state index is 12.0. The predicted octanol–water partition coefficient (Wildman–Crippen LogP) is 2.66. The molecule has 1 aliphatic rings. The molecule has 2 aromatic heterocycles. The van der Waals surface area contributed by atoms with Gasteiger partial charge in [-0.2, -0.15) is 0 Å². The molecule has 1 fully saturated rings. The third kappa shape index (κ3) is 4.33. The molecular formula is C16H21N5OS. The Bertz CT molecular complexity index is 650. The summed E-state index contributed by atoms with van der Waals surface area (Å²) in [6, 6.07) is 0. The fourth-order valence-electron chi connectivity index (χ4n) is 3.16. The van der Waals surface area contributed by atoms with Crippen molar-refractivity contribution >= 4 is 22.4 Å². The monoisotopic (exact) mass is 331 g/mol. The van der Waals surface area contributed by atoms with Crippen molar-refractivity contribution < 1.29 is 4.79 Å². The van der Waals surface area contributed by atoms with Crippen LogP contribution in [0, 0.1) is 11.8 Å². The molecule has 122 valence electrons. The molecule has 23 heavy (non-hydrogen) atoms. The number of aromatic nitrogens is 3. The molecule has 1 aliphatic heterocycles. The molecule has 3 rings (SSSR count). The van der Waals surface area contributed by atoms with Gasteiger partial charge >= 0.3 is 0 Å². The van der Waals surface area contributed by atoms with Crippen LogP contribution in [0.3, 0.4) is 0 Å². The van der Waals surface area contributed by atoms with Crippen molar-refractivity contribution in [2.24, 2.45) is 11.8 Å². The Hall–Kier alpha value is -1.86. The maximum atomic E-state index is 12.0. The highest BCUT2D eigenvalue weighted by Crippen LogP contribution is 2.24. The Morgan fingerprint density at radius 2 is 2.13 bits per heavy atom. The first-order chi connectivity index (χ1) is 11.1. The quantitative estimate of drug-likeness (QED) is 0.932. The van der Waals surface area contributed by atoms with Crippen LogP contribution in [-0.4, -0.2) is 38.8 Å². The number of hydrogen-bond acceptors (Lipinski definition) is 6. The van der Waals surface area contributed by atoms with Crippen molar-refractivity contribution in [2.75, 3.05) is 18.4 Å². The molecule has 0 aromatic carbocycles. The topological polar surface area (TPSA) is 71.0 Å². The first kappa shape index (κ1) is 16.0. The van der Waals surface area contributed by atoms with Gasteiger partial charge in [0, 0.05) is 37.4 Å². The van der Waals surface area contributed by atoms with Crippen LogP contribution in [-0.2, 0) is 6.54 Å². The van der Waals surface area contributed by atoms with E-state index in [2.05, 4.69) is 39.0 Å². The molecule has 7 heteroatoms. The van der Waals surface area contributed by atoms with Crippen molar-refractivity contribution in [3.05, 3.63) is 35.4 Å². The molecule has 2 atom stereocenters. The zero-order chi connectivity index (χ0) is 16.2. The van der Waals surface area contributed by atoms with E-state index in [1.54, 1.807) is 6.20 Å². The number of thiazole rings is 1. The standard InChI is InChI=1S/C16H21N5OS/c1-11-5-12(2)8-21(7-11)9-13-10-23-16(19-13)20-15(22)14-6-17-3-4-18-14/h3-4,6,10-12H,5,7-9H2,1-2H3,(H,19,20,22). The summed E-state index contributed by atoms with van der Waals surface area (Å²) in [5.74, 6) is 1.18. The van der Waals surface area contributed by atoms with E-state index in [1.807, 2.05) is 5.38 Å². The van der Waals surface area contributed by atoms with Gasteiger partial charge in [0.1, 0.15) is 5.69 Å². The van der Waals surface area contributed by atoms with Gasteiger partial charge in [-0.05, 0) is 18.3 Å². The first-order valence-electron chi connectivity index (χ1n) is 7.84. The predicted molar refractivity (Wildman–Crippen MR) is 90.3 cm³/mol. The first-order valence-corrected chi connectivity index (χ1v) is 8.72. The van der Waals surface area contributed by atoms with E-state index in [0.29, 0.717) is 10.8 Å². The Kier molecular flexibility index (Phi) is 4.97. The molecule has 0 bridgehead atoms. The van der Waals surface area contributed by atoms with Crippen LogP contribution in [0.15, 0.2) is 24.0 Å². The summed E-state index contributed by atoms with van der Waals surface area (Å²) in [6.45, 7) is 7.67. The fraction of sp³-hybridized carbons (Fsp3) is 0.500. The molecule has 0 spiro atoms. The van der Waals surface area contributed by atoms with Gasteiger partial charge in [-0.25, -0.2) is 9.97 Å². The van der Waals surface area contributed by atoms with Crippen LogP contribution in [0.5, 0.6) is 0 Å². The number of carbonyl (C=O) groups excluding carboxylic acids is 1. The van der Waals surface area contributed by atoms with Crippen LogP contribution in [0.1, 0.15) is 36.5 Å². The zero-order valence-electron chi connectivity index (χ0n) is 13.4. The van der Waals surface area contributed by atoms with E-state index in [0.717, 1.165) is 37.2 Å². The van der Waals surface area contributed by atoms with Crippen LogP contribution in [0.25, 0.3) is 0 Å². The van der Waals surface area contributed by atoms with Gasteiger partial charge in [0.2, 0.25) is 0 Å². The summed E-state index contributed by atoms with van der Waals surface area (Å²) in [6.07, 6.45) is 5.78. The smallest absolute Gasteiger partial charge is 0.277 e. The molecule has 0 aliphatic carbocycles. The number of rotatable bonds is 4. The van der Waals surface area contributed by atoms with Crippen LogP contribution < -0.4 is 5.32 Å². The third-order valence-corrected chi connectivity index (χ3v) is 4.70. The van der Waals surface area contributed by atoms with Crippen molar-refractivity contribution in [3.8, 4) is 0 Å². The summed E-state index contributed by atoms with van der Waals surface area (Å²) in [4.78, 5) is 26.9. The summed E-state index contributed by atoms with van der Waals surface area (Å²) in [5.41, 5.74) is 1.30. The summed E-state index contributed by atoms with van der Waals surface area (Å²) in [5, 5.41) is 5.40. The van der Waals surface area contributed by atoms with Gasteiger partial charge in [0.15, 0.2) is 5.13 Å². The number of nitrogens with zero attached hydrogens (tertiary/aromatic N) is 4. The molecule has 6 nitrogen and oxygen atoms in total. The van der Waals surface area contributed by atoms with Gasteiger partial charge in [-0.1, -0.05) is 13.8 Å². The van der Waals surface area contributed by atoms with Crippen molar-refractivity contribution in [2.45, 2.75) is 26.8 Å². The second kappa shape index (κ2) is 7.14. The Morgan fingerprint density at radius 1 is 1.35 bits per heavy atom. The average molecular weight is 331 g/mol. The second-order valence-electron chi connectivity index (χ2n) is 6.33. The fourth-order valence-corrected chi connectivity index (χ4v) is 3.86. The van der Waals surface area contributed by atoms with Gasteiger partial charge in [0.05, 0.1) is 11.9 Å². The van der Waals surface area contributed by atoms with Gasteiger partial charge in [-0.3, -0.25) is 20.0 Å². The Morgan fingerprint density at radius 3 is 2.83 bits per heavy atom. The average Bonchev–Trinajstić information content (AvgIpc) is 2.94. The second-order valence-corrected chi connectivity index (χ2v) is 7.19. The highest BCUT2D eigenvalue weighted by atomic mass is 32.1. The van der Waals surface area contributed by atoms with E-state index in [4.69, 9.17) is 0 Å². The number of piperidine rings is 1. The number of carbonyl (C=O) groups is 1. The molecule has 1 amide bonds. The van der Waals surface area contributed by atoms with Crippen LogP contribution in [0.4, 0.5) is 5.13 Å². The SMILES string of the molecule is CC1CC(C)CN(Cc2csc(NC(=O)c3cnccn3)n2)C1. The molecule has 2 aromatic rings. The minimum atomic E-state index is -0.279. The van der Waals surface area contributed by atoms with Crippen molar-refractivity contribution in [1.29, 1.82) is 0 Å². The lowest BCUT2D eigenvalue weighted by atomic mass is 9.92. The van der Waals surface area contributed by atoms with Crippen molar-refractivity contribution in [3.63, 3.8) is 0 Å². The van der Waals surface area contributed by atoms with E-state index in [1.165, 1.54) is 30.2 Å². The minimum Gasteiger partial charge on any atom is -0.297 e. The van der Waals surface area contributed by atoms with Crippen LogP contribution >= 0.6 is 11.3 Å². The number of amides is 1. The minimum absolute atomic E-state index is 0.279. The highest BCUT2D eigenvalue weighted by molar-refractivity contribution is 7.13. The lowest BCUT2D eigenvalue weighted by molar-refractivity contribution is 0.102. The Labute approximate surface area is 140 Å². The summed E-state index contributed by atoms with van der Waals surface area (Å²) < 4.78 is 0. The van der Waals surface area contributed by atoms with E-state index < -0.39 is 0 Å². The number of anilines is 1. The summed E-state index contributed by atoms with van der Waals surface area (Å²) in [7, 11) is 0. The van der Waals surface area contributed by atoms with E-state index in [-0.39, 0.29) is 5.91 Å². The molecule has 1 N–H and O–H groups in total. The zero-order valence-corrected chi connectivity index (χ0v) is 14.2. The van der Waals surface area contributed by atoms with Gasteiger partial charge < -0.3 is 0 Å². The van der Waals surface area contributed by atoms with E-state index >= 15 is 0 Å². The molecule has 1 saturated heterocycles. The van der Waals surface area contributed by atoms with Gasteiger partial charge in [0.25, 0.3) is 5.91 Å². The van der Waals surface area contributed by atoms with Crippen molar-refractivity contribution in [1.82, 2.24) is 19.9 Å². The Balaban J connectivity index is 1.59. The lowest BCUT2D eigenvalue weighted by Gasteiger charge is -2.34.